The third-order valence-electron chi connectivity index (χ3n) is 6.16. The summed E-state index contributed by atoms with van der Waals surface area (Å²) < 4.78 is 33.1. The van der Waals surface area contributed by atoms with Crippen LogP contribution in [0.5, 0.6) is 0 Å². The topological polar surface area (TPSA) is 92.8 Å². The number of benzene rings is 2. The van der Waals surface area contributed by atoms with Crippen LogP contribution in [0.3, 0.4) is 0 Å². The first-order valence-corrected chi connectivity index (χ1v) is 12.5. The fourth-order valence-corrected chi connectivity index (χ4v) is 5.74. The van der Waals surface area contributed by atoms with E-state index in [1.807, 2.05) is 24.3 Å². The lowest BCUT2D eigenvalue weighted by atomic mass is 10.0. The van der Waals surface area contributed by atoms with E-state index in [2.05, 4.69) is 5.32 Å². The lowest BCUT2D eigenvalue weighted by Gasteiger charge is -2.28. The van der Waals surface area contributed by atoms with Crippen molar-refractivity contribution in [2.24, 2.45) is 0 Å². The van der Waals surface area contributed by atoms with Crippen LogP contribution >= 0.6 is 0 Å². The van der Waals surface area contributed by atoms with Crippen molar-refractivity contribution in [1.29, 1.82) is 0 Å². The number of nitrogens with one attached hydrogen (secondary N) is 1. The third-order valence-corrected chi connectivity index (χ3v) is 8.00. The summed E-state index contributed by atoms with van der Waals surface area (Å²) in [5.41, 5.74) is 2.24. The van der Waals surface area contributed by atoms with E-state index in [1.165, 1.54) is 35.5 Å². The maximum absolute atomic E-state index is 13.2. The van der Waals surface area contributed by atoms with E-state index in [4.69, 9.17) is 4.74 Å². The summed E-state index contributed by atoms with van der Waals surface area (Å²) in [6.07, 6.45) is 3.74. The molecule has 0 aromatic heterocycles. The molecule has 1 saturated carbocycles. The van der Waals surface area contributed by atoms with Crippen molar-refractivity contribution in [2.45, 2.75) is 62.6 Å². The Hall–Kier alpha value is -2.71. The highest BCUT2D eigenvalue weighted by Crippen LogP contribution is 2.25. The molecule has 0 saturated heterocycles. The number of nitrogens with zero attached hydrogens (tertiary/aromatic N) is 1. The van der Waals surface area contributed by atoms with Crippen molar-refractivity contribution >= 4 is 21.9 Å². The fourth-order valence-electron chi connectivity index (χ4n) is 4.28. The Morgan fingerprint density at radius 2 is 1.78 bits per heavy atom. The van der Waals surface area contributed by atoms with Gasteiger partial charge in [-0.2, -0.15) is 4.31 Å². The smallest absolute Gasteiger partial charge is 0.338 e. The van der Waals surface area contributed by atoms with Crippen LogP contribution in [0.2, 0.25) is 0 Å². The van der Waals surface area contributed by atoms with E-state index in [1.54, 1.807) is 0 Å². The van der Waals surface area contributed by atoms with Gasteiger partial charge in [-0.05, 0) is 55.5 Å². The average molecular weight is 457 g/mol. The van der Waals surface area contributed by atoms with Gasteiger partial charge in [-0.25, -0.2) is 13.2 Å². The monoisotopic (exact) mass is 456 g/mol. The summed E-state index contributed by atoms with van der Waals surface area (Å²) in [6.45, 7) is 2.20. The minimum atomic E-state index is -3.78. The number of carbonyl (C=O) groups is 2. The van der Waals surface area contributed by atoms with Crippen molar-refractivity contribution in [3.63, 3.8) is 0 Å². The normalized spacial score (nSPS) is 18.0. The van der Waals surface area contributed by atoms with Crippen molar-refractivity contribution < 1.29 is 22.7 Å². The molecule has 1 unspecified atom stereocenters. The van der Waals surface area contributed by atoms with Crippen molar-refractivity contribution in [1.82, 2.24) is 9.62 Å². The molecule has 1 aliphatic carbocycles. The SMILES string of the molecule is CC(OC(=O)c1cccc(S(=O)(=O)N2CCc3ccccc3C2)c1)C(=O)NC1CCCC1. The van der Waals surface area contributed by atoms with Crippen LogP contribution in [0.1, 0.15) is 54.1 Å². The maximum atomic E-state index is 13.2. The van der Waals surface area contributed by atoms with Crippen LogP contribution in [-0.4, -0.2) is 43.3 Å². The molecule has 4 rings (SSSR count). The number of carbonyl (C=O) groups excluding carboxylic acids is 2. The highest BCUT2D eigenvalue weighted by Gasteiger charge is 2.29. The molecule has 2 aromatic rings. The second kappa shape index (κ2) is 9.42. The summed E-state index contributed by atoms with van der Waals surface area (Å²) in [6, 6.07) is 13.7. The lowest BCUT2D eigenvalue weighted by Crippen LogP contribution is -2.40. The number of amides is 1. The highest BCUT2D eigenvalue weighted by atomic mass is 32.2. The molecule has 1 N–H and O–H groups in total. The van der Waals surface area contributed by atoms with Crippen molar-refractivity contribution in [3.8, 4) is 0 Å². The van der Waals surface area contributed by atoms with Crippen molar-refractivity contribution in [2.75, 3.05) is 6.54 Å². The zero-order chi connectivity index (χ0) is 22.7. The van der Waals surface area contributed by atoms with Gasteiger partial charge in [0.25, 0.3) is 5.91 Å². The molecule has 1 aliphatic heterocycles. The molecular weight excluding hydrogens is 428 g/mol. The molecule has 0 bridgehead atoms. The molecule has 1 fully saturated rings. The van der Waals surface area contributed by atoms with Crippen LogP contribution in [0.15, 0.2) is 53.4 Å². The summed E-state index contributed by atoms with van der Waals surface area (Å²) in [4.78, 5) is 24.9. The Kier molecular flexibility index (Phi) is 6.62. The molecule has 0 radical (unpaired) electrons. The van der Waals surface area contributed by atoms with E-state index < -0.39 is 22.1 Å². The third kappa shape index (κ3) is 4.86. The number of hydrogen-bond donors (Lipinski definition) is 1. The Labute approximate surface area is 188 Å². The second-order valence-electron chi connectivity index (χ2n) is 8.42. The van der Waals surface area contributed by atoms with Gasteiger partial charge in [0.1, 0.15) is 0 Å². The van der Waals surface area contributed by atoms with Gasteiger partial charge >= 0.3 is 5.97 Å². The lowest BCUT2D eigenvalue weighted by molar-refractivity contribution is -0.129. The summed E-state index contributed by atoms with van der Waals surface area (Å²) >= 11 is 0. The molecule has 8 heteroatoms. The first-order valence-electron chi connectivity index (χ1n) is 11.0. The largest absolute Gasteiger partial charge is 0.449 e. The molecule has 1 amide bonds. The molecule has 2 aromatic carbocycles. The van der Waals surface area contributed by atoms with Crippen LogP contribution < -0.4 is 5.32 Å². The Morgan fingerprint density at radius 1 is 1.06 bits per heavy atom. The second-order valence-corrected chi connectivity index (χ2v) is 10.4. The van der Waals surface area contributed by atoms with E-state index >= 15 is 0 Å². The molecule has 7 nitrogen and oxygen atoms in total. The predicted molar refractivity (Wildman–Crippen MR) is 119 cm³/mol. The number of ether oxygens (including phenoxy) is 1. The van der Waals surface area contributed by atoms with Gasteiger partial charge in [-0.1, -0.05) is 43.2 Å². The Bertz CT molecular complexity index is 1110. The van der Waals surface area contributed by atoms with Gasteiger partial charge in [0.2, 0.25) is 10.0 Å². The van der Waals surface area contributed by atoms with Crippen LogP contribution in [0.4, 0.5) is 0 Å². The Morgan fingerprint density at radius 3 is 2.53 bits per heavy atom. The number of rotatable bonds is 6. The van der Waals surface area contributed by atoms with Crippen molar-refractivity contribution in [3.05, 3.63) is 65.2 Å². The molecular formula is C24H28N2O5S. The molecule has 32 heavy (non-hydrogen) atoms. The van der Waals surface area contributed by atoms with Crippen LogP contribution in [0, 0.1) is 0 Å². The predicted octanol–water partition coefficient (Wildman–Crippen LogP) is 3.04. The molecule has 170 valence electrons. The highest BCUT2D eigenvalue weighted by molar-refractivity contribution is 7.89. The average Bonchev–Trinajstić information content (AvgIpc) is 3.31. The molecule has 1 atom stereocenters. The zero-order valence-corrected chi connectivity index (χ0v) is 18.9. The van der Waals surface area contributed by atoms with Gasteiger partial charge in [0.05, 0.1) is 10.5 Å². The van der Waals surface area contributed by atoms with E-state index in [0.29, 0.717) is 19.5 Å². The minimum absolute atomic E-state index is 0.0365. The van der Waals surface area contributed by atoms with Gasteiger partial charge in [-0.15, -0.1) is 0 Å². The number of esters is 1. The minimum Gasteiger partial charge on any atom is -0.449 e. The van der Waals surface area contributed by atoms with E-state index in [9.17, 15) is 18.0 Å². The maximum Gasteiger partial charge on any atom is 0.338 e. The van der Waals surface area contributed by atoms with Gasteiger partial charge in [0.15, 0.2) is 6.10 Å². The van der Waals surface area contributed by atoms with Gasteiger partial charge in [-0.3, -0.25) is 4.79 Å². The van der Waals surface area contributed by atoms with Gasteiger partial charge in [0, 0.05) is 19.1 Å². The zero-order valence-electron chi connectivity index (χ0n) is 18.1. The number of fused-ring (bicyclic) bond motifs is 1. The van der Waals surface area contributed by atoms with E-state index in [0.717, 1.165) is 36.8 Å². The van der Waals surface area contributed by atoms with E-state index in [-0.39, 0.29) is 22.4 Å². The standard InChI is InChI=1S/C24H28N2O5S/c1-17(23(27)25-21-10-4-5-11-21)31-24(28)19-9-6-12-22(15-19)32(29,30)26-14-13-18-7-2-3-8-20(18)16-26/h2-3,6-9,12,15,17,21H,4-5,10-11,13-14,16H2,1H3,(H,25,27). The molecule has 0 spiro atoms. The number of hydrogen-bond acceptors (Lipinski definition) is 5. The van der Waals surface area contributed by atoms with Crippen LogP contribution in [0.25, 0.3) is 0 Å². The first-order chi connectivity index (χ1) is 15.3. The molecule has 1 heterocycles. The number of sulfonamides is 1. The summed E-state index contributed by atoms with van der Waals surface area (Å²) in [5.74, 6) is -1.05. The molecule has 2 aliphatic rings. The summed E-state index contributed by atoms with van der Waals surface area (Å²) in [5, 5.41) is 2.90. The summed E-state index contributed by atoms with van der Waals surface area (Å²) in [7, 11) is -3.78. The van der Waals surface area contributed by atoms with Gasteiger partial charge < -0.3 is 10.1 Å². The quantitative estimate of drug-likeness (QED) is 0.675. The van der Waals surface area contributed by atoms with Crippen LogP contribution in [-0.2, 0) is 32.5 Å². The Balaban J connectivity index is 1.44. The fraction of sp³-hybridized carbons (Fsp3) is 0.417. The first kappa shape index (κ1) is 22.5.